The molecule has 2 saturated heterocycles. The molecule has 0 N–H and O–H groups in total. The first-order valence-electron chi connectivity index (χ1n) is 7.74. The molecule has 3 heterocycles. The summed E-state index contributed by atoms with van der Waals surface area (Å²) in [5.74, 6) is 0.0959. The normalized spacial score (nSPS) is 24.5. The van der Waals surface area contributed by atoms with Gasteiger partial charge in [-0.3, -0.25) is 14.6 Å². The zero-order chi connectivity index (χ0) is 15.6. The highest BCUT2D eigenvalue weighted by Crippen LogP contribution is 2.42. The highest BCUT2D eigenvalue weighted by Gasteiger charge is 2.51. The Kier molecular flexibility index (Phi) is 4.11. The van der Waals surface area contributed by atoms with Crippen LogP contribution in [0, 0.1) is 5.41 Å². The van der Waals surface area contributed by atoms with Crippen molar-refractivity contribution in [2.24, 2.45) is 5.41 Å². The quantitative estimate of drug-likeness (QED) is 0.835. The van der Waals surface area contributed by atoms with E-state index in [9.17, 15) is 9.59 Å². The molecule has 0 aliphatic carbocycles. The highest BCUT2D eigenvalue weighted by atomic mass is 16.5. The van der Waals surface area contributed by atoms with Crippen LogP contribution in [-0.2, 0) is 14.3 Å². The number of pyridine rings is 1. The van der Waals surface area contributed by atoms with E-state index in [1.807, 2.05) is 19.1 Å². The van der Waals surface area contributed by atoms with Crippen LogP contribution in [-0.4, -0.2) is 54.5 Å². The van der Waals surface area contributed by atoms with Gasteiger partial charge in [0.1, 0.15) is 6.61 Å². The van der Waals surface area contributed by atoms with Crippen molar-refractivity contribution in [3.63, 3.8) is 0 Å². The molecule has 6 heteroatoms. The minimum absolute atomic E-state index is 0.0219. The van der Waals surface area contributed by atoms with E-state index in [0.29, 0.717) is 26.2 Å². The molecule has 2 amide bonds. The molecule has 2 aliphatic heterocycles. The average Bonchev–Trinajstić information content (AvgIpc) is 3.12. The summed E-state index contributed by atoms with van der Waals surface area (Å²) in [6, 6.07) is 3.73. The fourth-order valence-electron chi connectivity index (χ4n) is 3.32. The molecule has 1 spiro atoms. The summed E-state index contributed by atoms with van der Waals surface area (Å²) in [5.41, 5.74) is 0.418. The second-order valence-electron chi connectivity index (χ2n) is 5.90. The predicted octanol–water partition coefficient (Wildman–Crippen LogP) is 1.07. The Labute approximate surface area is 130 Å². The molecule has 0 aromatic carbocycles. The van der Waals surface area contributed by atoms with Gasteiger partial charge in [0.05, 0.1) is 17.3 Å². The van der Waals surface area contributed by atoms with Gasteiger partial charge >= 0.3 is 0 Å². The average molecular weight is 303 g/mol. The first-order chi connectivity index (χ1) is 10.7. The number of amides is 2. The van der Waals surface area contributed by atoms with Gasteiger partial charge in [-0.1, -0.05) is 0 Å². The molecule has 0 unspecified atom stereocenters. The number of likely N-dealkylation sites (tertiary alicyclic amines) is 1. The Morgan fingerprint density at radius 1 is 1.41 bits per heavy atom. The molecular formula is C16H21N3O3. The summed E-state index contributed by atoms with van der Waals surface area (Å²) in [6.07, 6.45) is 4.94. The van der Waals surface area contributed by atoms with Crippen molar-refractivity contribution in [3.05, 3.63) is 24.5 Å². The molecule has 118 valence electrons. The van der Waals surface area contributed by atoms with Crippen LogP contribution < -0.4 is 4.90 Å². The summed E-state index contributed by atoms with van der Waals surface area (Å²) < 4.78 is 5.18. The summed E-state index contributed by atoms with van der Waals surface area (Å²) in [6.45, 7) is 4.33. The second kappa shape index (κ2) is 6.04. The molecule has 0 radical (unpaired) electrons. The maximum Gasteiger partial charge on any atom is 0.248 e. The number of anilines is 1. The zero-order valence-corrected chi connectivity index (χ0v) is 12.8. The third kappa shape index (κ3) is 2.59. The summed E-state index contributed by atoms with van der Waals surface area (Å²) in [5, 5.41) is 0. The SMILES string of the molecule is CCOCC(=O)N1CC[C@]2(CCN(c3cccnc3)C2=O)C1. The van der Waals surface area contributed by atoms with Crippen LogP contribution in [0.5, 0.6) is 0 Å². The smallest absolute Gasteiger partial charge is 0.248 e. The Hall–Kier alpha value is -1.95. The number of hydrogen-bond donors (Lipinski definition) is 0. The Balaban J connectivity index is 1.69. The Morgan fingerprint density at radius 3 is 2.95 bits per heavy atom. The largest absolute Gasteiger partial charge is 0.372 e. The van der Waals surface area contributed by atoms with E-state index in [4.69, 9.17) is 4.74 Å². The van der Waals surface area contributed by atoms with Crippen molar-refractivity contribution in [3.8, 4) is 0 Å². The number of carbonyl (C=O) groups excluding carboxylic acids is 2. The van der Waals surface area contributed by atoms with Gasteiger partial charge in [0.2, 0.25) is 11.8 Å². The third-order valence-electron chi connectivity index (χ3n) is 4.61. The first-order valence-corrected chi connectivity index (χ1v) is 7.74. The van der Waals surface area contributed by atoms with Gasteiger partial charge in [-0.25, -0.2) is 0 Å². The van der Waals surface area contributed by atoms with Gasteiger partial charge in [0, 0.05) is 32.4 Å². The minimum Gasteiger partial charge on any atom is -0.372 e. The number of carbonyl (C=O) groups is 2. The van der Waals surface area contributed by atoms with Crippen LogP contribution in [0.15, 0.2) is 24.5 Å². The molecule has 0 bridgehead atoms. The maximum absolute atomic E-state index is 12.8. The van der Waals surface area contributed by atoms with E-state index >= 15 is 0 Å². The van der Waals surface area contributed by atoms with Crippen molar-refractivity contribution in [2.75, 3.05) is 37.7 Å². The van der Waals surface area contributed by atoms with Crippen molar-refractivity contribution in [1.82, 2.24) is 9.88 Å². The zero-order valence-electron chi connectivity index (χ0n) is 12.8. The predicted molar refractivity (Wildman–Crippen MR) is 81.3 cm³/mol. The monoisotopic (exact) mass is 303 g/mol. The van der Waals surface area contributed by atoms with Crippen LogP contribution >= 0.6 is 0 Å². The second-order valence-corrected chi connectivity index (χ2v) is 5.90. The van der Waals surface area contributed by atoms with Crippen LogP contribution in [0.1, 0.15) is 19.8 Å². The first kappa shape index (κ1) is 15.0. The molecule has 2 fully saturated rings. The van der Waals surface area contributed by atoms with Gasteiger partial charge in [0.25, 0.3) is 0 Å². The summed E-state index contributed by atoms with van der Waals surface area (Å²) in [7, 11) is 0. The molecule has 1 atom stereocenters. The molecule has 6 nitrogen and oxygen atoms in total. The van der Waals surface area contributed by atoms with E-state index in [0.717, 1.165) is 18.5 Å². The van der Waals surface area contributed by atoms with Crippen molar-refractivity contribution >= 4 is 17.5 Å². The van der Waals surface area contributed by atoms with Crippen LogP contribution in [0.2, 0.25) is 0 Å². The van der Waals surface area contributed by atoms with Gasteiger partial charge < -0.3 is 14.5 Å². The number of hydrogen-bond acceptors (Lipinski definition) is 4. The fraction of sp³-hybridized carbons (Fsp3) is 0.562. The van der Waals surface area contributed by atoms with Gasteiger partial charge in [-0.2, -0.15) is 0 Å². The molecule has 22 heavy (non-hydrogen) atoms. The van der Waals surface area contributed by atoms with E-state index in [-0.39, 0.29) is 18.4 Å². The van der Waals surface area contributed by atoms with Crippen LogP contribution in [0.3, 0.4) is 0 Å². The summed E-state index contributed by atoms with van der Waals surface area (Å²) >= 11 is 0. The molecule has 1 aromatic rings. The van der Waals surface area contributed by atoms with Crippen molar-refractivity contribution in [1.29, 1.82) is 0 Å². The van der Waals surface area contributed by atoms with Gasteiger partial charge in [0.15, 0.2) is 0 Å². The molecule has 3 rings (SSSR count). The Bertz CT molecular complexity index is 563. The summed E-state index contributed by atoms with van der Waals surface area (Å²) in [4.78, 5) is 32.5. The molecule has 1 aromatic heterocycles. The third-order valence-corrected chi connectivity index (χ3v) is 4.61. The number of rotatable bonds is 4. The molecule has 0 saturated carbocycles. The lowest BCUT2D eigenvalue weighted by molar-refractivity contribution is -0.135. The fourth-order valence-corrected chi connectivity index (χ4v) is 3.32. The maximum atomic E-state index is 12.8. The van der Waals surface area contributed by atoms with Gasteiger partial charge in [-0.05, 0) is 31.9 Å². The lowest BCUT2D eigenvalue weighted by atomic mass is 9.85. The minimum atomic E-state index is -0.419. The lowest BCUT2D eigenvalue weighted by Gasteiger charge is -2.23. The van der Waals surface area contributed by atoms with E-state index in [1.165, 1.54) is 0 Å². The number of nitrogens with zero attached hydrogens (tertiary/aromatic N) is 3. The van der Waals surface area contributed by atoms with Crippen molar-refractivity contribution < 1.29 is 14.3 Å². The van der Waals surface area contributed by atoms with Crippen LogP contribution in [0.4, 0.5) is 5.69 Å². The Morgan fingerprint density at radius 2 is 2.23 bits per heavy atom. The highest BCUT2D eigenvalue weighted by molar-refractivity contribution is 6.00. The number of ether oxygens (including phenoxy) is 1. The van der Waals surface area contributed by atoms with E-state index < -0.39 is 5.41 Å². The van der Waals surface area contributed by atoms with Crippen LogP contribution in [0.25, 0.3) is 0 Å². The topological polar surface area (TPSA) is 62.7 Å². The standard InChI is InChI=1S/C16H21N3O3/c1-2-22-11-14(20)18-8-5-16(12-18)6-9-19(15(16)21)13-4-3-7-17-10-13/h3-4,7,10H,2,5-6,8-9,11-12H2,1H3/t16-/m0/s1. The molecular weight excluding hydrogens is 282 g/mol. The lowest BCUT2D eigenvalue weighted by Crippen LogP contribution is -2.39. The van der Waals surface area contributed by atoms with E-state index in [2.05, 4.69) is 4.98 Å². The van der Waals surface area contributed by atoms with Crippen molar-refractivity contribution in [2.45, 2.75) is 19.8 Å². The molecule has 2 aliphatic rings. The van der Waals surface area contributed by atoms with Gasteiger partial charge in [-0.15, -0.1) is 0 Å². The number of aromatic nitrogens is 1. The van der Waals surface area contributed by atoms with E-state index in [1.54, 1.807) is 22.2 Å².